The fourth-order valence-corrected chi connectivity index (χ4v) is 2.41. The molecular formula is C18H18O2. The summed E-state index contributed by atoms with van der Waals surface area (Å²) < 4.78 is 5.76. The highest BCUT2D eigenvalue weighted by Gasteiger charge is 2.24. The fraction of sp³-hybridized carbons (Fsp3) is 0.278. The van der Waals surface area contributed by atoms with E-state index in [0.717, 1.165) is 35.3 Å². The van der Waals surface area contributed by atoms with Crippen molar-refractivity contribution in [1.29, 1.82) is 0 Å². The van der Waals surface area contributed by atoms with Crippen LogP contribution in [0.5, 0.6) is 5.75 Å². The van der Waals surface area contributed by atoms with Crippen molar-refractivity contribution >= 4 is 5.78 Å². The molecule has 0 atom stereocenters. The molecule has 0 N–H and O–H groups in total. The number of rotatable bonds is 4. The van der Waals surface area contributed by atoms with Crippen LogP contribution in [0.3, 0.4) is 0 Å². The second-order valence-electron chi connectivity index (χ2n) is 5.44. The van der Waals surface area contributed by atoms with Crippen LogP contribution >= 0.6 is 0 Å². The summed E-state index contributed by atoms with van der Waals surface area (Å²) in [5.41, 5.74) is 3.53. The Bertz CT molecular complexity index is 634. The molecule has 1 fully saturated rings. The lowest BCUT2D eigenvalue weighted by Gasteiger charge is -2.10. The Morgan fingerprint density at radius 1 is 1.05 bits per heavy atom. The molecule has 0 amide bonds. The Hall–Kier alpha value is -2.09. The molecule has 0 aromatic heterocycles. The minimum Gasteiger partial charge on any atom is -0.490 e. The lowest BCUT2D eigenvalue weighted by atomic mass is 9.95. The highest BCUT2D eigenvalue weighted by atomic mass is 16.5. The summed E-state index contributed by atoms with van der Waals surface area (Å²) in [7, 11) is 0. The van der Waals surface area contributed by atoms with Crippen molar-refractivity contribution in [1.82, 2.24) is 0 Å². The molecule has 0 heterocycles. The third-order valence-corrected chi connectivity index (χ3v) is 3.63. The lowest BCUT2D eigenvalue weighted by Crippen LogP contribution is -2.06. The van der Waals surface area contributed by atoms with Gasteiger partial charge in [0.1, 0.15) is 5.75 Å². The predicted molar refractivity (Wildman–Crippen MR) is 79.4 cm³/mol. The van der Waals surface area contributed by atoms with E-state index in [9.17, 15) is 4.79 Å². The van der Waals surface area contributed by atoms with E-state index < -0.39 is 0 Å². The summed E-state index contributed by atoms with van der Waals surface area (Å²) in [4.78, 5) is 12.7. The van der Waals surface area contributed by atoms with Crippen molar-refractivity contribution in [2.75, 3.05) is 0 Å². The Labute approximate surface area is 119 Å². The standard InChI is InChI=1S/C18H18O2/c1-12-5-3-6-13(2)17(12)18(19)14-7-4-8-16(11-14)20-15-9-10-15/h3-8,11,15H,9-10H2,1-2H3. The van der Waals surface area contributed by atoms with Crippen LogP contribution in [-0.2, 0) is 0 Å². The quantitative estimate of drug-likeness (QED) is 0.780. The summed E-state index contributed by atoms with van der Waals surface area (Å²) in [5.74, 6) is 0.867. The van der Waals surface area contributed by atoms with Crippen LogP contribution in [0.1, 0.15) is 39.9 Å². The summed E-state index contributed by atoms with van der Waals surface area (Å²) in [6.07, 6.45) is 2.59. The molecule has 1 aliphatic carbocycles. The molecule has 0 saturated heterocycles. The van der Waals surface area contributed by atoms with E-state index in [1.54, 1.807) is 0 Å². The van der Waals surface area contributed by atoms with E-state index in [1.165, 1.54) is 0 Å². The van der Waals surface area contributed by atoms with Crippen molar-refractivity contribution in [2.45, 2.75) is 32.8 Å². The van der Waals surface area contributed by atoms with Gasteiger partial charge in [-0.25, -0.2) is 0 Å². The number of ether oxygens (including phenoxy) is 1. The van der Waals surface area contributed by atoms with Crippen molar-refractivity contribution in [3.63, 3.8) is 0 Å². The van der Waals surface area contributed by atoms with E-state index in [2.05, 4.69) is 0 Å². The maximum Gasteiger partial charge on any atom is 0.193 e. The maximum absolute atomic E-state index is 12.7. The minimum atomic E-state index is 0.0712. The van der Waals surface area contributed by atoms with Gasteiger partial charge in [0.05, 0.1) is 6.10 Å². The number of hydrogen-bond donors (Lipinski definition) is 0. The van der Waals surface area contributed by atoms with Crippen molar-refractivity contribution in [2.24, 2.45) is 0 Å². The molecule has 2 aromatic carbocycles. The van der Waals surface area contributed by atoms with Crippen molar-refractivity contribution in [3.8, 4) is 5.75 Å². The molecule has 2 heteroatoms. The van der Waals surface area contributed by atoms with Gasteiger partial charge in [0.2, 0.25) is 0 Å². The summed E-state index contributed by atoms with van der Waals surface area (Å²) in [5, 5.41) is 0. The molecule has 2 nitrogen and oxygen atoms in total. The molecular weight excluding hydrogens is 248 g/mol. The summed E-state index contributed by atoms with van der Waals surface area (Å²) >= 11 is 0. The number of aryl methyl sites for hydroxylation is 2. The second kappa shape index (κ2) is 5.12. The topological polar surface area (TPSA) is 26.3 Å². The predicted octanol–water partition coefficient (Wildman–Crippen LogP) is 4.08. The fourth-order valence-electron chi connectivity index (χ4n) is 2.41. The highest BCUT2D eigenvalue weighted by molar-refractivity contribution is 6.11. The van der Waals surface area contributed by atoms with Crippen LogP contribution < -0.4 is 4.74 Å². The molecule has 0 aliphatic heterocycles. The van der Waals surface area contributed by atoms with E-state index in [-0.39, 0.29) is 5.78 Å². The first-order valence-electron chi connectivity index (χ1n) is 7.03. The van der Waals surface area contributed by atoms with Crippen LogP contribution in [0, 0.1) is 13.8 Å². The third-order valence-electron chi connectivity index (χ3n) is 3.63. The molecule has 0 radical (unpaired) electrons. The molecule has 0 bridgehead atoms. The Morgan fingerprint density at radius 2 is 1.70 bits per heavy atom. The number of ketones is 1. The zero-order chi connectivity index (χ0) is 14.1. The van der Waals surface area contributed by atoms with E-state index in [0.29, 0.717) is 11.7 Å². The molecule has 0 unspecified atom stereocenters. The van der Waals surface area contributed by atoms with Gasteiger partial charge in [-0.3, -0.25) is 4.79 Å². The normalized spacial score (nSPS) is 14.1. The van der Waals surface area contributed by atoms with Crippen LogP contribution in [0.15, 0.2) is 42.5 Å². The van der Waals surface area contributed by atoms with E-state index in [1.807, 2.05) is 56.3 Å². The Balaban J connectivity index is 1.93. The first kappa shape index (κ1) is 12.9. The van der Waals surface area contributed by atoms with Gasteiger partial charge >= 0.3 is 0 Å². The number of benzene rings is 2. The van der Waals surface area contributed by atoms with Crippen LogP contribution in [0.25, 0.3) is 0 Å². The second-order valence-corrected chi connectivity index (χ2v) is 5.44. The number of carbonyl (C=O) groups excluding carboxylic acids is 1. The van der Waals surface area contributed by atoms with Gasteiger partial charge in [0.15, 0.2) is 5.78 Å². The Kier molecular flexibility index (Phi) is 3.31. The molecule has 0 spiro atoms. The van der Waals surface area contributed by atoms with Crippen LogP contribution in [0.2, 0.25) is 0 Å². The van der Waals surface area contributed by atoms with E-state index in [4.69, 9.17) is 4.74 Å². The molecule has 1 saturated carbocycles. The largest absolute Gasteiger partial charge is 0.490 e. The van der Waals surface area contributed by atoms with Crippen LogP contribution in [-0.4, -0.2) is 11.9 Å². The number of hydrogen-bond acceptors (Lipinski definition) is 2. The molecule has 102 valence electrons. The summed E-state index contributed by atoms with van der Waals surface area (Å²) in [6.45, 7) is 3.95. The number of carbonyl (C=O) groups is 1. The zero-order valence-electron chi connectivity index (χ0n) is 11.8. The van der Waals surface area contributed by atoms with Gasteiger partial charge in [0.25, 0.3) is 0 Å². The van der Waals surface area contributed by atoms with Gasteiger partial charge in [-0.15, -0.1) is 0 Å². The monoisotopic (exact) mass is 266 g/mol. The third kappa shape index (κ3) is 2.60. The SMILES string of the molecule is Cc1cccc(C)c1C(=O)c1cccc(OC2CC2)c1. The average molecular weight is 266 g/mol. The molecule has 2 aromatic rings. The van der Waals surface area contributed by atoms with Gasteiger partial charge in [-0.1, -0.05) is 30.3 Å². The van der Waals surface area contributed by atoms with Crippen LogP contribution in [0.4, 0.5) is 0 Å². The van der Waals surface area contributed by atoms with E-state index >= 15 is 0 Å². The average Bonchev–Trinajstić information content (AvgIpc) is 3.22. The lowest BCUT2D eigenvalue weighted by molar-refractivity contribution is 0.103. The molecule has 1 aliphatic rings. The van der Waals surface area contributed by atoms with Gasteiger partial charge in [-0.05, 0) is 49.9 Å². The molecule has 20 heavy (non-hydrogen) atoms. The van der Waals surface area contributed by atoms with Gasteiger partial charge in [0, 0.05) is 11.1 Å². The summed E-state index contributed by atoms with van der Waals surface area (Å²) in [6, 6.07) is 13.4. The van der Waals surface area contributed by atoms with Gasteiger partial charge in [-0.2, -0.15) is 0 Å². The van der Waals surface area contributed by atoms with Gasteiger partial charge < -0.3 is 4.74 Å². The highest BCUT2D eigenvalue weighted by Crippen LogP contribution is 2.28. The smallest absolute Gasteiger partial charge is 0.193 e. The Morgan fingerprint density at radius 3 is 2.35 bits per heavy atom. The zero-order valence-corrected chi connectivity index (χ0v) is 11.8. The van der Waals surface area contributed by atoms with Crippen molar-refractivity contribution < 1.29 is 9.53 Å². The van der Waals surface area contributed by atoms with Crippen molar-refractivity contribution in [3.05, 3.63) is 64.7 Å². The first-order chi connectivity index (χ1) is 9.65. The maximum atomic E-state index is 12.7. The first-order valence-corrected chi connectivity index (χ1v) is 7.03. The molecule has 3 rings (SSSR count). The minimum absolute atomic E-state index is 0.0712.